The summed E-state index contributed by atoms with van der Waals surface area (Å²) in [6.45, 7) is 0.649. The van der Waals surface area contributed by atoms with E-state index in [2.05, 4.69) is 5.43 Å². The third kappa shape index (κ3) is 2.42. The van der Waals surface area contributed by atoms with Crippen molar-refractivity contribution in [3.05, 3.63) is 59.9 Å². The van der Waals surface area contributed by atoms with Crippen LogP contribution in [0.4, 0.5) is 0 Å². The molecule has 1 aromatic carbocycles. The highest BCUT2D eigenvalue weighted by Crippen LogP contribution is 2.04. The van der Waals surface area contributed by atoms with Gasteiger partial charge in [0.15, 0.2) is 0 Å². The number of hydrogen-bond acceptors (Lipinski definition) is 2. The van der Waals surface area contributed by atoms with E-state index >= 15 is 0 Å². The summed E-state index contributed by atoms with van der Waals surface area (Å²) in [7, 11) is 0. The highest BCUT2D eigenvalue weighted by atomic mass is 16.1. The van der Waals surface area contributed by atoms with Crippen LogP contribution in [0.2, 0.25) is 0 Å². The fraction of sp³-hybridized carbons (Fsp3) is 0.0833. The van der Waals surface area contributed by atoms with Gasteiger partial charge in [-0.25, -0.2) is 0 Å². The molecular formula is C12H13N3O. The molecular weight excluding hydrogens is 202 g/mol. The molecule has 0 atom stereocenters. The summed E-state index contributed by atoms with van der Waals surface area (Å²) >= 11 is 0. The molecule has 0 bridgehead atoms. The molecule has 0 radical (unpaired) electrons. The summed E-state index contributed by atoms with van der Waals surface area (Å²) in [5, 5.41) is 0. The maximum Gasteiger partial charge on any atom is 0.248 e. The number of carbonyl (C=O) groups excluding carboxylic acids is 1. The number of carbonyl (C=O) groups is 1. The van der Waals surface area contributed by atoms with Gasteiger partial charge in [0.2, 0.25) is 5.91 Å². The van der Waals surface area contributed by atoms with Crippen molar-refractivity contribution >= 4 is 5.91 Å². The van der Waals surface area contributed by atoms with Crippen molar-refractivity contribution in [2.45, 2.75) is 6.54 Å². The van der Waals surface area contributed by atoms with Crippen LogP contribution in [0.1, 0.15) is 15.9 Å². The Kier molecular flexibility index (Phi) is 2.91. The lowest BCUT2D eigenvalue weighted by Crippen LogP contribution is -2.14. The average molecular weight is 215 g/mol. The maximum absolute atomic E-state index is 11.0. The molecule has 82 valence electrons. The molecule has 0 aliphatic heterocycles. The molecule has 4 nitrogen and oxygen atoms in total. The Labute approximate surface area is 93.7 Å². The smallest absolute Gasteiger partial charge is 0.248 e. The summed E-state index contributed by atoms with van der Waals surface area (Å²) in [5.41, 5.74) is 9.93. The SMILES string of the molecule is NC(=O)c1cccc(CNn2cccc2)c1. The zero-order chi connectivity index (χ0) is 11.4. The van der Waals surface area contributed by atoms with Crippen LogP contribution in [0.15, 0.2) is 48.8 Å². The van der Waals surface area contributed by atoms with Crippen molar-refractivity contribution in [3.63, 3.8) is 0 Å². The van der Waals surface area contributed by atoms with Gasteiger partial charge in [0.25, 0.3) is 0 Å². The van der Waals surface area contributed by atoms with Crippen molar-refractivity contribution < 1.29 is 4.79 Å². The number of primary amides is 1. The number of nitrogens with one attached hydrogen (secondary N) is 1. The molecule has 1 aromatic heterocycles. The van der Waals surface area contributed by atoms with Crippen LogP contribution in [0.5, 0.6) is 0 Å². The first kappa shape index (κ1) is 10.3. The van der Waals surface area contributed by atoms with Crippen molar-refractivity contribution in [2.24, 2.45) is 5.73 Å². The van der Waals surface area contributed by atoms with Crippen LogP contribution >= 0.6 is 0 Å². The van der Waals surface area contributed by atoms with Crippen molar-refractivity contribution in [3.8, 4) is 0 Å². The molecule has 0 saturated carbocycles. The third-order valence-electron chi connectivity index (χ3n) is 2.28. The van der Waals surface area contributed by atoms with Gasteiger partial charge in [-0.15, -0.1) is 0 Å². The second-order valence-electron chi connectivity index (χ2n) is 3.49. The summed E-state index contributed by atoms with van der Waals surface area (Å²) in [4.78, 5) is 11.0. The first-order valence-electron chi connectivity index (χ1n) is 5.01. The van der Waals surface area contributed by atoms with Gasteiger partial charge in [0.1, 0.15) is 0 Å². The van der Waals surface area contributed by atoms with Gasteiger partial charge in [-0.3, -0.25) is 9.47 Å². The molecule has 0 aliphatic rings. The van der Waals surface area contributed by atoms with Gasteiger partial charge in [0.05, 0.1) is 6.54 Å². The second kappa shape index (κ2) is 4.53. The number of aromatic nitrogens is 1. The van der Waals surface area contributed by atoms with E-state index in [1.165, 1.54) is 0 Å². The van der Waals surface area contributed by atoms with Gasteiger partial charge in [-0.2, -0.15) is 0 Å². The summed E-state index contributed by atoms with van der Waals surface area (Å²) in [5.74, 6) is -0.400. The Hall–Kier alpha value is -2.23. The van der Waals surface area contributed by atoms with E-state index in [9.17, 15) is 4.79 Å². The van der Waals surface area contributed by atoms with Crippen LogP contribution in [-0.4, -0.2) is 10.6 Å². The van der Waals surface area contributed by atoms with Crippen LogP contribution in [0.3, 0.4) is 0 Å². The quantitative estimate of drug-likeness (QED) is 0.808. The lowest BCUT2D eigenvalue weighted by atomic mass is 10.1. The summed E-state index contributed by atoms with van der Waals surface area (Å²) in [6, 6.07) is 11.1. The minimum atomic E-state index is -0.400. The number of nitrogens with zero attached hydrogens (tertiary/aromatic N) is 1. The Bertz CT molecular complexity index is 477. The standard InChI is InChI=1S/C12H13N3O/c13-12(16)11-5-3-4-10(8-11)9-14-15-6-1-2-7-15/h1-8,14H,9H2,(H2,13,16). The van der Waals surface area contributed by atoms with Crippen LogP contribution in [0.25, 0.3) is 0 Å². The van der Waals surface area contributed by atoms with E-state index in [1.54, 1.807) is 12.1 Å². The third-order valence-corrected chi connectivity index (χ3v) is 2.28. The lowest BCUT2D eigenvalue weighted by molar-refractivity contribution is 0.1000. The van der Waals surface area contributed by atoms with E-state index in [0.29, 0.717) is 12.1 Å². The summed E-state index contributed by atoms with van der Waals surface area (Å²) < 4.78 is 1.86. The van der Waals surface area contributed by atoms with E-state index in [1.807, 2.05) is 41.3 Å². The molecule has 1 amide bonds. The Morgan fingerprint density at radius 2 is 2.00 bits per heavy atom. The van der Waals surface area contributed by atoms with Gasteiger partial charge in [-0.1, -0.05) is 12.1 Å². The Balaban J connectivity index is 2.04. The fourth-order valence-electron chi connectivity index (χ4n) is 1.46. The minimum absolute atomic E-state index is 0.400. The van der Waals surface area contributed by atoms with Gasteiger partial charge < -0.3 is 11.2 Å². The Morgan fingerprint density at radius 1 is 1.25 bits per heavy atom. The summed E-state index contributed by atoms with van der Waals surface area (Å²) in [6.07, 6.45) is 3.83. The number of rotatable bonds is 4. The van der Waals surface area contributed by atoms with Gasteiger partial charge in [0, 0.05) is 18.0 Å². The number of hydrogen-bond donors (Lipinski definition) is 2. The molecule has 3 N–H and O–H groups in total. The molecule has 2 rings (SSSR count). The van der Waals surface area contributed by atoms with Crippen LogP contribution < -0.4 is 11.2 Å². The maximum atomic E-state index is 11.0. The molecule has 0 unspecified atom stereocenters. The lowest BCUT2D eigenvalue weighted by Gasteiger charge is -2.07. The monoisotopic (exact) mass is 215 g/mol. The first-order chi connectivity index (χ1) is 7.75. The largest absolute Gasteiger partial charge is 0.366 e. The average Bonchev–Trinajstić information content (AvgIpc) is 2.79. The highest BCUT2D eigenvalue weighted by molar-refractivity contribution is 5.92. The normalized spacial score (nSPS) is 10.0. The van der Waals surface area contributed by atoms with E-state index < -0.39 is 5.91 Å². The number of nitrogens with two attached hydrogens (primary N) is 1. The van der Waals surface area contributed by atoms with E-state index in [4.69, 9.17) is 5.73 Å². The van der Waals surface area contributed by atoms with Crippen molar-refractivity contribution in [2.75, 3.05) is 5.43 Å². The first-order valence-corrected chi connectivity index (χ1v) is 5.01. The number of benzene rings is 1. The molecule has 0 aliphatic carbocycles. The highest BCUT2D eigenvalue weighted by Gasteiger charge is 2.00. The minimum Gasteiger partial charge on any atom is -0.366 e. The van der Waals surface area contributed by atoms with Crippen LogP contribution in [-0.2, 0) is 6.54 Å². The zero-order valence-corrected chi connectivity index (χ0v) is 8.76. The van der Waals surface area contributed by atoms with E-state index in [-0.39, 0.29) is 0 Å². The predicted molar refractivity (Wildman–Crippen MR) is 62.5 cm³/mol. The topological polar surface area (TPSA) is 60.1 Å². The van der Waals surface area contributed by atoms with Gasteiger partial charge >= 0.3 is 0 Å². The van der Waals surface area contributed by atoms with E-state index in [0.717, 1.165) is 5.56 Å². The molecule has 1 heterocycles. The molecule has 16 heavy (non-hydrogen) atoms. The van der Waals surface area contributed by atoms with Gasteiger partial charge in [-0.05, 0) is 29.8 Å². The predicted octanol–water partition coefficient (Wildman–Crippen LogP) is 1.33. The molecule has 2 aromatic rings. The molecule has 0 fully saturated rings. The Morgan fingerprint density at radius 3 is 2.69 bits per heavy atom. The molecule has 4 heteroatoms. The zero-order valence-electron chi connectivity index (χ0n) is 8.76. The number of amides is 1. The fourth-order valence-corrected chi connectivity index (χ4v) is 1.46. The van der Waals surface area contributed by atoms with Crippen molar-refractivity contribution in [1.29, 1.82) is 0 Å². The van der Waals surface area contributed by atoms with Crippen LogP contribution in [0, 0.1) is 0 Å². The molecule has 0 saturated heterocycles. The molecule has 0 spiro atoms. The van der Waals surface area contributed by atoms with Crippen molar-refractivity contribution in [1.82, 2.24) is 4.68 Å². The second-order valence-corrected chi connectivity index (χ2v) is 3.49.